The van der Waals surface area contributed by atoms with Gasteiger partial charge in [-0.05, 0) is 41.5 Å². The molecule has 0 unspecified atom stereocenters. The summed E-state index contributed by atoms with van der Waals surface area (Å²) in [4.78, 5) is 0. The van der Waals surface area contributed by atoms with Crippen LogP contribution in [0.5, 0.6) is 0 Å². The summed E-state index contributed by atoms with van der Waals surface area (Å²) in [5.41, 5.74) is -2.01. The van der Waals surface area contributed by atoms with Crippen molar-refractivity contribution in [2.24, 2.45) is 0 Å². The average molecular weight is 192 g/mol. The van der Waals surface area contributed by atoms with Gasteiger partial charge in [-0.3, -0.25) is 0 Å². The quantitative estimate of drug-likeness (QED) is 0.713. The lowest BCUT2D eigenvalue weighted by Gasteiger charge is -2.31. The predicted octanol–water partition coefficient (Wildman–Crippen LogP) is 1.57. The molecular formula is C10H24O3. The van der Waals surface area contributed by atoms with E-state index in [1.165, 1.54) is 0 Å². The van der Waals surface area contributed by atoms with Gasteiger partial charge in [0.15, 0.2) is 0 Å². The number of ether oxygens (including phenoxy) is 1. The minimum absolute atomic E-state index is 0.844. The first-order valence-corrected chi connectivity index (χ1v) is 4.69. The fourth-order valence-corrected chi connectivity index (χ4v) is 0.204. The second-order valence-corrected chi connectivity index (χ2v) is 3.90. The molecule has 0 aliphatic carbocycles. The summed E-state index contributed by atoms with van der Waals surface area (Å²) in [7, 11) is 0. The average Bonchev–Trinajstić information content (AvgIpc) is 1.85. The Balaban J connectivity index is 0. The number of hydrogen-bond acceptors (Lipinski definition) is 3. The predicted molar refractivity (Wildman–Crippen MR) is 54.8 cm³/mol. The molecule has 0 aromatic rings. The van der Waals surface area contributed by atoms with Crippen LogP contribution in [-0.4, -0.2) is 34.6 Å². The zero-order chi connectivity index (χ0) is 11.1. The topological polar surface area (TPSA) is 49.7 Å². The fourth-order valence-electron chi connectivity index (χ4n) is 0.204. The molecule has 3 heteroatoms. The Hall–Kier alpha value is -0.120. The van der Waals surface area contributed by atoms with E-state index >= 15 is 0 Å². The molecule has 3 nitrogen and oxygen atoms in total. The van der Waals surface area contributed by atoms with Gasteiger partial charge in [-0.1, -0.05) is 0 Å². The van der Waals surface area contributed by atoms with Crippen LogP contribution in [0.25, 0.3) is 0 Å². The van der Waals surface area contributed by atoms with Crippen LogP contribution in [-0.2, 0) is 4.74 Å². The summed E-state index contributed by atoms with van der Waals surface area (Å²) in [6, 6.07) is 0. The van der Waals surface area contributed by atoms with Crippen LogP contribution >= 0.6 is 0 Å². The van der Waals surface area contributed by atoms with E-state index in [1.807, 2.05) is 13.8 Å². The zero-order valence-electron chi connectivity index (χ0n) is 9.72. The molecule has 0 amide bonds. The van der Waals surface area contributed by atoms with Crippen molar-refractivity contribution in [1.29, 1.82) is 0 Å². The molecule has 0 atom stereocenters. The van der Waals surface area contributed by atoms with Gasteiger partial charge in [0.25, 0.3) is 0 Å². The standard InChI is InChI=1S/C6H14O2.C4H10O/c1-5(2,7)6(3,4)8;1-3-5-4-2/h7-8H,1-4H3;3-4H2,1-2H3. The molecular weight excluding hydrogens is 168 g/mol. The highest BCUT2D eigenvalue weighted by atomic mass is 16.5. The van der Waals surface area contributed by atoms with Crippen LogP contribution < -0.4 is 0 Å². The second kappa shape index (κ2) is 6.35. The Morgan fingerprint density at radius 2 is 1.08 bits per heavy atom. The van der Waals surface area contributed by atoms with Crippen molar-refractivity contribution in [1.82, 2.24) is 0 Å². The van der Waals surface area contributed by atoms with Crippen molar-refractivity contribution in [3.63, 3.8) is 0 Å². The van der Waals surface area contributed by atoms with Crippen LogP contribution in [0.1, 0.15) is 41.5 Å². The molecule has 0 fully saturated rings. The van der Waals surface area contributed by atoms with Crippen LogP contribution in [0.2, 0.25) is 0 Å². The third kappa shape index (κ3) is 9.80. The first kappa shape index (κ1) is 15.4. The monoisotopic (exact) mass is 192 g/mol. The molecule has 0 radical (unpaired) electrons. The molecule has 2 N–H and O–H groups in total. The molecule has 0 saturated carbocycles. The maximum atomic E-state index is 9.10. The lowest BCUT2D eigenvalue weighted by molar-refractivity contribution is -0.107. The number of rotatable bonds is 3. The zero-order valence-corrected chi connectivity index (χ0v) is 9.72. The molecule has 0 aromatic heterocycles. The van der Waals surface area contributed by atoms with Crippen LogP contribution in [0.3, 0.4) is 0 Å². The Kier molecular flexibility index (Phi) is 7.50. The van der Waals surface area contributed by atoms with Crippen molar-refractivity contribution in [2.75, 3.05) is 13.2 Å². The second-order valence-electron chi connectivity index (χ2n) is 3.90. The van der Waals surface area contributed by atoms with Crippen molar-refractivity contribution < 1.29 is 14.9 Å². The van der Waals surface area contributed by atoms with Gasteiger partial charge in [-0.15, -0.1) is 0 Å². The molecule has 0 heterocycles. The van der Waals surface area contributed by atoms with Crippen molar-refractivity contribution in [3.05, 3.63) is 0 Å². The van der Waals surface area contributed by atoms with Crippen LogP contribution in [0.15, 0.2) is 0 Å². The van der Waals surface area contributed by atoms with E-state index in [0.29, 0.717) is 0 Å². The molecule has 0 saturated heterocycles. The molecule has 0 aliphatic heterocycles. The lowest BCUT2D eigenvalue weighted by Crippen LogP contribution is -2.44. The first-order valence-electron chi connectivity index (χ1n) is 4.69. The first-order chi connectivity index (χ1) is 5.66. The van der Waals surface area contributed by atoms with Gasteiger partial charge >= 0.3 is 0 Å². The van der Waals surface area contributed by atoms with Gasteiger partial charge in [0.1, 0.15) is 0 Å². The van der Waals surface area contributed by atoms with Gasteiger partial charge < -0.3 is 14.9 Å². The molecule has 0 bridgehead atoms. The number of hydrogen-bond donors (Lipinski definition) is 2. The van der Waals surface area contributed by atoms with E-state index in [4.69, 9.17) is 14.9 Å². The Bertz CT molecular complexity index is 94.3. The summed E-state index contributed by atoms with van der Waals surface area (Å²) in [5.74, 6) is 0. The molecule has 82 valence electrons. The van der Waals surface area contributed by atoms with E-state index in [9.17, 15) is 0 Å². The Morgan fingerprint density at radius 1 is 0.846 bits per heavy atom. The highest BCUT2D eigenvalue weighted by molar-refractivity contribution is 4.84. The van der Waals surface area contributed by atoms with Crippen molar-refractivity contribution >= 4 is 0 Å². The molecule has 0 aliphatic rings. The summed E-state index contributed by atoms with van der Waals surface area (Å²) in [6.45, 7) is 12.0. The molecule has 13 heavy (non-hydrogen) atoms. The summed E-state index contributed by atoms with van der Waals surface area (Å²) < 4.78 is 4.83. The van der Waals surface area contributed by atoms with E-state index in [2.05, 4.69) is 0 Å². The summed E-state index contributed by atoms with van der Waals surface area (Å²) in [5, 5.41) is 18.2. The Labute approximate surface area is 81.7 Å². The van der Waals surface area contributed by atoms with Crippen molar-refractivity contribution in [2.45, 2.75) is 52.7 Å². The minimum atomic E-state index is -1.01. The Morgan fingerprint density at radius 3 is 1.08 bits per heavy atom. The number of aliphatic hydroxyl groups is 2. The minimum Gasteiger partial charge on any atom is -0.387 e. The van der Waals surface area contributed by atoms with Gasteiger partial charge in [0, 0.05) is 13.2 Å². The third-order valence-electron chi connectivity index (χ3n) is 1.91. The van der Waals surface area contributed by atoms with E-state index < -0.39 is 11.2 Å². The molecule has 0 rings (SSSR count). The van der Waals surface area contributed by atoms with Gasteiger partial charge in [-0.2, -0.15) is 0 Å². The van der Waals surface area contributed by atoms with E-state index in [-0.39, 0.29) is 0 Å². The SMILES string of the molecule is CC(C)(O)C(C)(C)O.CCOCC. The fraction of sp³-hybridized carbons (Fsp3) is 1.00. The molecule has 0 spiro atoms. The summed E-state index contributed by atoms with van der Waals surface area (Å²) in [6.07, 6.45) is 0. The van der Waals surface area contributed by atoms with Gasteiger partial charge in [0.2, 0.25) is 0 Å². The normalized spacial score (nSPS) is 12.0. The molecule has 0 aromatic carbocycles. The van der Waals surface area contributed by atoms with E-state index in [0.717, 1.165) is 13.2 Å². The largest absolute Gasteiger partial charge is 0.387 e. The van der Waals surface area contributed by atoms with E-state index in [1.54, 1.807) is 27.7 Å². The smallest absolute Gasteiger partial charge is 0.0872 e. The van der Waals surface area contributed by atoms with Crippen LogP contribution in [0, 0.1) is 0 Å². The maximum Gasteiger partial charge on any atom is 0.0872 e. The van der Waals surface area contributed by atoms with Gasteiger partial charge in [0.05, 0.1) is 11.2 Å². The highest BCUT2D eigenvalue weighted by Crippen LogP contribution is 2.19. The lowest BCUT2D eigenvalue weighted by atomic mass is 9.90. The summed E-state index contributed by atoms with van der Waals surface area (Å²) >= 11 is 0. The van der Waals surface area contributed by atoms with Crippen molar-refractivity contribution in [3.8, 4) is 0 Å². The third-order valence-corrected chi connectivity index (χ3v) is 1.91. The maximum absolute atomic E-state index is 9.10. The van der Waals surface area contributed by atoms with Gasteiger partial charge in [-0.25, -0.2) is 0 Å². The van der Waals surface area contributed by atoms with Crippen LogP contribution in [0.4, 0.5) is 0 Å². The highest BCUT2D eigenvalue weighted by Gasteiger charge is 2.31.